The predicted octanol–water partition coefficient (Wildman–Crippen LogP) is 2.20. The molecular formula is C15H24BNO2. The molecule has 1 aromatic rings. The van der Waals surface area contributed by atoms with Crippen molar-refractivity contribution in [2.45, 2.75) is 64.6 Å². The van der Waals surface area contributed by atoms with Gasteiger partial charge in [0, 0.05) is 13.2 Å². The first-order valence-electron chi connectivity index (χ1n) is 7.34. The number of nitrogens with zero attached hydrogens (tertiary/aromatic N) is 1. The van der Waals surface area contributed by atoms with Crippen LogP contribution in [0.25, 0.3) is 0 Å². The third-order valence-electron chi connectivity index (χ3n) is 5.03. The Hall–Kier alpha value is -0.735. The highest BCUT2D eigenvalue weighted by molar-refractivity contribution is 6.62. The normalized spacial score (nSPS) is 24.6. The molecule has 0 bridgehead atoms. The van der Waals surface area contributed by atoms with E-state index in [1.165, 1.54) is 36.0 Å². The number of rotatable bonds is 1. The molecule has 0 saturated carbocycles. The lowest BCUT2D eigenvalue weighted by Gasteiger charge is -2.32. The SMILES string of the molecule is Cn1cc2c(c1B1OC(C)(C)C(C)(C)O1)CCCC2. The van der Waals surface area contributed by atoms with E-state index in [0.29, 0.717) is 0 Å². The van der Waals surface area contributed by atoms with Crippen molar-refractivity contribution in [3.05, 3.63) is 17.3 Å². The molecule has 0 atom stereocenters. The van der Waals surface area contributed by atoms with Crippen LogP contribution in [-0.2, 0) is 29.2 Å². The van der Waals surface area contributed by atoms with E-state index in [1.54, 1.807) is 0 Å². The molecule has 1 saturated heterocycles. The highest BCUT2D eigenvalue weighted by Gasteiger charge is 2.53. The van der Waals surface area contributed by atoms with Gasteiger partial charge in [0.2, 0.25) is 0 Å². The van der Waals surface area contributed by atoms with Gasteiger partial charge in [-0.3, -0.25) is 0 Å². The molecule has 0 amide bonds. The van der Waals surface area contributed by atoms with E-state index < -0.39 is 0 Å². The maximum absolute atomic E-state index is 6.21. The van der Waals surface area contributed by atoms with E-state index in [1.807, 2.05) is 0 Å². The molecule has 1 aromatic heterocycles. The number of hydrogen-bond donors (Lipinski definition) is 0. The monoisotopic (exact) mass is 261 g/mol. The van der Waals surface area contributed by atoms with Crippen LogP contribution in [0.15, 0.2) is 6.20 Å². The van der Waals surface area contributed by atoms with Gasteiger partial charge in [-0.1, -0.05) is 0 Å². The minimum Gasteiger partial charge on any atom is -0.398 e. The summed E-state index contributed by atoms with van der Waals surface area (Å²) in [5.74, 6) is 0. The molecule has 3 nitrogen and oxygen atoms in total. The molecule has 1 fully saturated rings. The van der Waals surface area contributed by atoms with Gasteiger partial charge in [-0.2, -0.15) is 0 Å². The van der Waals surface area contributed by atoms with E-state index >= 15 is 0 Å². The van der Waals surface area contributed by atoms with Crippen LogP contribution in [0.2, 0.25) is 0 Å². The van der Waals surface area contributed by atoms with Crippen LogP contribution in [0.5, 0.6) is 0 Å². The Balaban J connectivity index is 1.98. The second kappa shape index (κ2) is 4.13. The maximum atomic E-state index is 6.21. The van der Waals surface area contributed by atoms with Crippen molar-refractivity contribution in [3.8, 4) is 0 Å². The van der Waals surface area contributed by atoms with Crippen molar-refractivity contribution in [3.63, 3.8) is 0 Å². The van der Waals surface area contributed by atoms with Crippen LogP contribution in [0.1, 0.15) is 51.7 Å². The van der Waals surface area contributed by atoms with Crippen molar-refractivity contribution in [2.24, 2.45) is 7.05 Å². The molecule has 19 heavy (non-hydrogen) atoms. The minimum atomic E-state index is -0.260. The number of hydrogen-bond acceptors (Lipinski definition) is 2. The van der Waals surface area contributed by atoms with Gasteiger partial charge in [0.05, 0.1) is 16.8 Å². The molecule has 3 rings (SSSR count). The van der Waals surface area contributed by atoms with Gasteiger partial charge in [0.1, 0.15) is 0 Å². The standard InChI is InChI=1S/C15H24BNO2/c1-14(2)15(3,4)19-16(18-14)13-12-9-7-6-8-11(12)10-17(13)5/h10H,6-9H2,1-5H3. The number of fused-ring (bicyclic) bond motifs is 1. The van der Waals surface area contributed by atoms with Crippen LogP contribution < -0.4 is 5.59 Å². The average Bonchev–Trinajstić information content (AvgIpc) is 2.72. The molecule has 0 unspecified atom stereocenters. The van der Waals surface area contributed by atoms with Gasteiger partial charge < -0.3 is 13.9 Å². The number of aryl methyl sites for hydroxylation is 2. The molecule has 0 N–H and O–H groups in total. The summed E-state index contributed by atoms with van der Waals surface area (Å²) in [6.45, 7) is 8.45. The zero-order chi connectivity index (χ0) is 13.8. The smallest absolute Gasteiger partial charge is 0.398 e. The van der Waals surface area contributed by atoms with Crippen molar-refractivity contribution >= 4 is 12.7 Å². The van der Waals surface area contributed by atoms with Gasteiger partial charge in [-0.25, -0.2) is 0 Å². The summed E-state index contributed by atoms with van der Waals surface area (Å²) in [5.41, 5.74) is 3.66. The summed E-state index contributed by atoms with van der Waals surface area (Å²) in [5, 5.41) is 0. The van der Waals surface area contributed by atoms with Crippen LogP contribution in [0.3, 0.4) is 0 Å². The Bertz CT molecular complexity index is 488. The van der Waals surface area contributed by atoms with Crippen LogP contribution in [0.4, 0.5) is 0 Å². The lowest BCUT2D eigenvalue weighted by atomic mass is 9.78. The lowest BCUT2D eigenvalue weighted by Crippen LogP contribution is -2.41. The first-order valence-corrected chi connectivity index (χ1v) is 7.34. The van der Waals surface area contributed by atoms with Crippen LogP contribution in [-0.4, -0.2) is 22.9 Å². The summed E-state index contributed by atoms with van der Waals surface area (Å²) in [6, 6.07) is 0. The predicted molar refractivity (Wildman–Crippen MR) is 77.8 cm³/mol. The zero-order valence-corrected chi connectivity index (χ0v) is 12.7. The molecule has 2 aliphatic rings. The second-order valence-corrected chi connectivity index (χ2v) is 6.92. The summed E-state index contributed by atoms with van der Waals surface area (Å²) in [7, 11) is 1.88. The fourth-order valence-corrected chi connectivity index (χ4v) is 3.14. The summed E-state index contributed by atoms with van der Waals surface area (Å²) in [4.78, 5) is 0. The fourth-order valence-electron chi connectivity index (χ4n) is 3.14. The largest absolute Gasteiger partial charge is 0.512 e. The number of aromatic nitrogens is 1. The van der Waals surface area contributed by atoms with Gasteiger partial charge in [-0.15, -0.1) is 0 Å². The van der Waals surface area contributed by atoms with Gasteiger partial charge in [0.25, 0.3) is 0 Å². The van der Waals surface area contributed by atoms with Gasteiger partial charge >= 0.3 is 7.12 Å². The summed E-state index contributed by atoms with van der Waals surface area (Å²) in [6.07, 6.45) is 7.20. The third kappa shape index (κ3) is 1.96. The van der Waals surface area contributed by atoms with E-state index in [-0.39, 0.29) is 18.3 Å². The highest BCUT2D eigenvalue weighted by atomic mass is 16.7. The first kappa shape index (κ1) is 13.3. The highest BCUT2D eigenvalue weighted by Crippen LogP contribution is 2.37. The van der Waals surface area contributed by atoms with Crippen LogP contribution in [0, 0.1) is 0 Å². The van der Waals surface area contributed by atoms with Crippen molar-refractivity contribution in [2.75, 3.05) is 0 Å². The summed E-state index contributed by atoms with van der Waals surface area (Å²) >= 11 is 0. The molecule has 1 aliphatic carbocycles. The Morgan fingerprint density at radius 1 is 1.05 bits per heavy atom. The van der Waals surface area contributed by atoms with E-state index in [9.17, 15) is 0 Å². The molecular weight excluding hydrogens is 237 g/mol. The Labute approximate surface area is 116 Å². The lowest BCUT2D eigenvalue weighted by molar-refractivity contribution is 0.00578. The van der Waals surface area contributed by atoms with Crippen LogP contribution >= 0.6 is 0 Å². The Kier molecular flexibility index (Phi) is 2.88. The van der Waals surface area contributed by atoms with Crippen molar-refractivity contribution in [1.82, 2.24) is 4.57 Å². The quantitative estimate of drug-likeness (QED) is 0.723. The van der Waals surface area contributed by atoms with Gasteiger partial charge in [-0.05, 0) is 64.5 Å². The fraction of sp³-hybridized carbons (Fsp3) is 0.733. The van der Waals surface area contributed by atoms with E-state index in [4.69, 9.17) is 9.31 Å². The van der Waals surface area contributed by atoms with E-state index in [2.05, 4.69) is 45.5 Å². The molecule has 1 aliphatic heterocycles. The maximum Gasteiger partial charge on any atom is 0.512 e. The molecule has 2 heterocycles. The molecule has 104 valence electrons. The minimum absolute atomic E-state index is 0.225. The molecule has 0 radical (unpaired) electrons. The molecule has 0 aromatic carbocycles. The Morgan fingerprint density at radius 3 is 2.26 bits per heavy atom. The first-order chi connectivity index (χ1) is 8.82. The van der Waals surface area contributed by atoms with E-state index in [0.717, 1.165) is 6.42 Å². The van der Waals surface area contributed by atoms with Gasteiger partial charge in [0.15, 0.2) is 0 Å². The van der Waals surface area contributed by atoms with Crippen molar-refractivity contribution < 1.29 is 9.31 Å². The average molecular weight is 261 g/mol. The Morgan fingerprint density at radius 2 is 1.63 bits per heavy atom. The molecule has 4 heteroatoms. The van der Waals surface area contributed by atoms with Crippen molar-refractivity contribution in [1.29, 1.82) is 0 Å². The molecule has 0 spiro atoms. The topological polar surface area (TPSA) is 23.4 Å². The third-order valence-corrected chi connectivity index (χ3v) is 5.03. The second-order valence-electron chi connectivity index (χ2n) is 6.92. The zero-order valence-electron chi connectivity index (χ0n) is 12.7. The summed E-state index contributed by atoms with van der Waals surface area (Å²) < 4.78 is 14.6.